The Morgan fingerprint density at radius 2 is 2.13 bits per heavy atom. The van der Waals surface area contributed by atoms with E-state index in [0.29, 0.717) is 23.7 Å². The highest BCUT2D eigenvalue weighted by atomic mass is 32.1. The molecule has 1 saturated heterocycles. The van der Waals surface area contributed by atoms with Crippen molar-refractivity contribution in [3.05, 3.63) is 40.7 Å². The van der Waals surface area contributed by atoms with E-state index in [0.717, 1.165) is 17.4 Å². The number of hydrogen-bond acceptors (Lipinski definition) is 5. The summed E-state index contributed by atoms with van der Waals surface area (Å²) >= 11 is 1.38. The number of amides is 1. The van der Waals surface area contributed by atoms with E-state index in [2.05, 4.69) is 10.3 Å². The molecular formula is C16H18FN3O2S. The van der Waals surface area contributed by atoms with Crippen LogP contribution in [-0.2, 0) is 0 Å². The quantitative estimate of drug-likeness (QED) is 0.913. The second-order valence-electron chi connectivity index (χ2n) is 5.37. The normalized spacial score (nSPS) is 14.5. The molecule has 1 aliphatic rings. The van der Waals surface area contributed by atoms with E-state index in [1.807, 2.05) is 13.8 Å². The van der Waals surface area contributed by atoms with Crippen LogP contribution in [0.15, 0.2) is 24.3 Å². The molecule has 0 aliphatic carbocycles. The second kappa shape index (κ2) is 6.54. The van der Waals surface area contributed by atoms with Crippen LogP contribution < -0.4 is 10.1 Å². The fourth-order valence-corrected chi connectivity index (χ4v) is 3.35. The number of benzene rings is 1. The number of carbonyl (C=O) groups excluding carboxylic acids is 1. The van der Waals surface area contributed by atoms with E-state index in [1.165, 1.54) is 23.5 Å². The van der Waals surface area contributed by atoms with Crippen LogP contribution in [0, 0.1) is 12.7 Å². The van der Waals surface area contributed by atoms with Crippen LogP contribution in [0.5, 0.6) is 5.75 Å². The zero-order valence-corrected chi connectivity index (χ0v) is 13.8. The summed E-state index contributed by atoms with van der Waals surface area (Å²) in [6.45, 7) is 5.67. The number of hydrogen-bond donors (Lipinski definition) is 1. The maximum absolute atomic E-state index is 12.9. The molecule has 0 saturated carbocycles. The summed E-state index contributed by atoms with van der Waals surface area (Å²) in [4.78, 5) is 19.2. The number of aromatic nitrogens is 1. The smallest absolute Gasteiger partial charge is 0.266 e. The zero-order chi connectivity index (χ0) is 16.4. The summed E-state index contributed by atoms with van der Waals surface area (Å²) in [7, 11) is 0. The Hall–Kier alpha value is -2.15. The number of carbonyl (C=O) groups is 1. The lowest BCUT2D eigenvalue weighted by Crippen LogP contribution is -2.56. The van der Waals surface area contributed by atoms with Crippen LogP contribution in [0.3, 0.4) is 0 Å². The van der Waals surface area contributed by atoms with Crippen molar-refractivity contribution < 1.29 is 13.9 Å². The molecule has 7 heteroatoms. The Morgan fingerprint density at radius 1 is 1.43 bits per heavy atom. The maximum atomic E-state index is 12.9. The van der Waals surface area contributed by atoms with Crippen LogP contribution >= 0.6 is 11.3 Å². The Balaban J connectivity index is 1.56. The van der Waals surface area contributed by atoms with E-state index in [-0.39, 0.29) is 17.8 Å². The molecule has 1 aliphatic heterocycles. The molecule has 0 radical (unpaired) electrons. The van der Waals surface area contributed by atoms with Crippen molar-refractivity contribution in [2.75, 3.05) is 25.0 Å². The summed E-state index contributed by atoms with van der Waals surface area (Å²) < 4.78 is 18.6. The van der Waals surface area contributed by atoms with Gasteiger partial charge in [0.25, 0.3) is 5.91 Å². The fourth-order valence-electron chi connectivity index (χ4n) is 2.35. The number of rotatable bonds is 5. The molecule has 0 unspecified atom stereocenters. The Labute approximate surface area is 138 Å². The minimum absolute atomic E-state index is 0.0110. The number of nitrogens with one attached hydrogen (secondary N) is 1. The minimum Gasteiger partial charge on any atom is -0.487 e. The minimum atomic E-state index is -0.292. The molecule has 2 heterocycles. The number of halogens is 1. The van der Waals surface area contributed by atoms with Gasteiger partial charge in [0.15, 0.2) is 5.13 Å². The van der Waals surface area contributed by atoms with Crippen molar-refractivity contribution in [3.63, 3.8) is 0 Å². The van der Waals surface area contributed by atoms with Gasteiger partial charge in [0, 0.05) is 6.54 Å². The standard InChI is InChI=1S/C16H18FN3O2S/c1-3-18-16-19-10(2)14(23-16)15(21)20-8-13(9-20)22-12-6-4-11(17)5-7-12/h4-7,13H,3,8-9H2,1-2H3,(H,18,19). The maximum Gasteiger partial charge on any atom is 0.266 e. The van der Waals surface area contributed by atoms with Gasteiger partial charge in [0.2, 0.25) is 0 Å². The van der Waals surface area contributed by atoms with Crippen molar-refractivity contribution in [2.24, 2.45) is 0 Å². The number of ether oxygens (including phenoxy) is 1. The summed E-state index contributed by atoms with van der Waals surface area (Å²) in [6, 6.07) is 5.91. The molecule has 5 nitrogen and oxygen atoms in total. The first kappa shape index (κ1) is 15.7. The Morgan fingerprint density at radius 3 is 2.78 bits per heavy atom. The number of likely N-dealkylation sites (tertiary alicyclic amines) is 1. The predicted molar refractivity (Wildman–Crippen MR) is 87.7 cm³/mol. The lowest BCUT2D eigenvalue weighted by atomic mass is 10.1. The first-order valence-electron chi connectivity index (χ1n) is 7.49. The van der Waals surface area contributed by atoms with Gasteiger partial charge >= 0.3 is 0 Å². The topological polar surface area (TPSA) is 54.5 Å². The lowest BCUT2D eigenvalue weighted by Gasteiger charge is -2.38. The van der Waals surface area contributed by atoms with Gasteiger partial charge in [-0.15, -0.1) is 0 Å². The van der Waals surface area contributed by atoms with Crippen molar-refractivity contribution in [1.29, 1.82) is 0 Å². The molecule has 1 aromatic heterocycles. The van der Waals surface area contributed by atoms with Crippen molar-refractivity contribution in [3.8, 4) is 5.75 Å². The average molecular weight is 335 g/mol. The van der Waals surface area contributed by atoms with Crippen LogP contribution in [0.25, 0.3) is 0 Å². The third-order valence-corrected chi connectivity index (χ3v) is 4.67. The molecule has 2 aromatic rings. The average Bonchev–Trinajstić information content (AvgIpc) is 2.85. The van der Waals surface area contributed by atoms with Crippen LogP contribution in [0.4, 0.5) is 9.52 Å². The van der Waals surface area contributed by atoms with E-state index >= 15 is 0 Å². The molecule has 0 spiro atoms. The SMILES string of the molecule is CCNc1nc(C)c(C(=O)N2CC(Oc3ccc(F)cc3)C2)s1. The molecule has 1 amide bonds. The lowest BCUT2D eigenvalue weighted by molar-refractivity contribution is 0.0180. The Kier molecular flexibility index (Phi) is 4.47. The van der Waals surface area contributed by atoms with Gasteiger partial charge in [-0.1, -0.05) is 11.3 Å². The number of anilines is 1. The summed E-state index contributed by atoms with van der Waals surface area (Å²) in [5.74, 6) is 0.315. The van der Waals surface area contributed by atoms with Gasteiger partial charge < -0.3 is 15.0 Å². The second-order valence-corrected chi connectivity index (χ2v) is 6.37. The van der Waals surface area contributed by atoms with Gasteiger partial charge in [-0.25, -0.2) is 9.37 Å². The van der Waals surface area contributed by atoms with Crippen LogP contribution in [-0.4, -0.2) is 41.5 Å². The third kappa shape index (κ3) is 3.44. The monoisotopic (exact) mass is 335 g/mol. The molecule has 0 atom stereocenters. The highest BCUT2D eigenvalue weighted by molar-refractivity contribution is 7.17. The number of aryl methyl sites for hydroxylation is 1. The highest BCUT2D eigenvalue weighted by Crippen LogP contribution is 2.26. The molecule has 1 N–H and O–H groups in total. The molecule has 3 rings (SSSR count). The van der Waals surface area contributed by atoms with E-state index in [9.17, 15) is 9.18 Å². The summed E-state index contributed by atoms with van der Waals surface area (Å²) in [5, 5.41) is 3.90. The third-order valence-electron chi connectivity index (χ3n) is 3.57. The number of thiazole rings is 1. The molecule has 1 aromatic carbocycles. The first-order valence-corrected chi connectivity index (χ1v) is 8.31. The molecule has 1 fully saturated rings. The Bertz CT molecular complexity index is 696. The number of nitrogens with zero attached hydrogens (tertiary/aromatic N) is 2. The van der Waals surface area contributed by atoms with Gasteiger partial charge in [-0.05, 0) is 38.1 Å². The zero-order valence-electron chi connectivity index (χ0n) is 13.0. The summed E-state index contributed by atoms with van der Waals surface area (Å²) in [6.07, 6.45) is -0.0501. The summed E-state index contributed by atoms with van der Waals surface area (Å²) in [5.41, 5.74) is 0.749. The molecule has 0 bridgehead atoms. The first-order chi connectivity index (χ1) is 11.1. The highest BCUT2D eigenvalue weighted by Gasteiger charge is 2.34. The van der Waals surface area contributed by atoms with Crippen LogP contribution in [0.2, 0.25) is 0 Å². The predicted octanol–water partition coefficient (Wildman–Crippen LogP) is 2.93. The van der Waals surface area contributed by atoms with E-state index < -0.39 is 0 Å². The van der Waals surface area contributed by atoms with Gasteiger partial charge in [-0.2, -0.15) is 0 Å². The largest absolute Gasteiger partial charge is 0.487 e. The van der Waals surface area contributed by atoms with Crippen molar-refractivity contribution >= 4 is 22.4 Å². The molecular weight excluding hydrogens is 317 g/mol. The van der Waals surface area contributed by atoms with E-state index in [1.54, 1.807) is 17.0 Å². The molecule has 122 valence electrons. The fraction of sp³-hybridized carbons (Fsp3) is 0.375. The van der Waals surface area contributed by atoms with Gasteiger partial charge in [-0.3, -0.25) is 4.79 Å². The van der Waals surface area contributed by atoms with Gasteiger partial charge in [0.05, 0.1) is 18.8 Å². The van der Waals surface area contributed by atoms with Crippen LogP contribution in [0.1, 0.15) is 22.3 Å². The molecule has 23 heavy (non-hydrogen) atoms. The van der Waals surface area contributed by atoms with E-state index in [4.69, 9.17) is 4.74 Å². The van der Waals surface area contributed by atoms with Crippen molar-refractivity contribution in [1.82, 2.24) is 9.88 Å². The van der Waals surface area contributed by atoms with Crippen molar-refractivity contribution in [2.45, 2.75) is 20.0 Å². The van der Waals surface area contributed by atoms with Gasteiger partial charge in [0.1, 0.15) is 22.5 Å².